The summed E-state index contributed by atoms with van der Waals surface area (Å²) in [6, 6.07) is 0. The van der Waals surface area contributed by atoms with Crippen LogP contribution in [-0.2, 0) is 0 Å². The van der Waals surface area contributed by atoms with E-state index in [4.69, 9.17) is 23.2 Å². The zero-order valence-electron chi connectivity index (χ0n) is 5.43. The first-order chi connectivity index (χ1) is 4.79. The van der Waals surface area contributed by atoms with Crippen molar-refractivity contribution in [3.63, 3.8) is 0 Å². The maximum atomic E-state index is 6.16. The Hall–Kier alpha value is 0.320. The largest absolute Gasteiger partial charge is 0.122 e. The molecule has 4 aliphatic carbocycles. The monoisotopic (exact) mass is 174 g/mol. The molecule has 2 saturated carbocycles. The summed E-state index contributed by atoms with van der Waals surface area (Å²) in [5, 5.41) is 1.51. The van der Waals surface area contributed by atoms with Gasteiger partial charge in [-0.25, -0.2) is 0 Å². The molecule has 10 heavy (non-hydrogen) atoms. The predicted octanol–water partition coefficient (Wildman–Crippen LogP) is 2.61. The number of hydrogen-bond donors (Lipinski definition) is 0. The van der Waals surface area contributed by atoms with Crippen molar-refractivity contribution in [2.45, 2.75) is 11.8 Å². The van der Waals surface area contributed by atoms with Gasteiger partial charge in [-0.15, -0.1) is 11.6 Å². The minimum absolute atomic E-state index is 0.414. The molecule has 0 aromatic carbocycles. The van der Waals surface area contributed by atoms with Crippen LogP contribution in [0.1, 0.15) is 6.42 Å². The second-order valence-electron chi connectivity index (χ2n) is 3.66. The molecule has 0 aliphatic heterocycles. The molecule has 0 aromatic heterocycles. The highest BCUT2D eigenvalue weighted by Crippen LogP contribution is 2.68. The van der Waals surface area contributed by atoms with E-state index in [1.165, 1.54) is 6.42 Å². The predicted molar refractivity (Wildman–Crippen MR) is 42.2 cm³/mol. The van der Waals surface area contributed by atoms with Crippen molar-refractivity contribution in [2.24, 2.45) is 23.7 Å². The zero-order chi connectivity index (χ0) is 6.88. The molecule has 0 heterocycles. The highest BCUT2D eigenvalue weighted by atomic mass is 35.5. The van der Waals surface area contributed by atoms with Crippen LogP contribution in [0.3, 0.4) is 0 Å². The summed E-state index contributed by atoms with van der Waals surface area (Å²) in [6.45, 7) is 0. The van der Waals surface area contributed by atoms with E-state index in [1.54, 1.807) is 0 Å². The van der Waals surface area contributed by atoms with Crippen molar-refractivity contribution in [1.29, 1.82) is 0 Å². The topological polar surface area (TPSA) is 0 Å². The summed E-state index contributed by atoms with van der Waals surface area (Å²) in [7, 11) is 0. The zero-order valence-corrected chi connectivity index (χ0v) is 6.94. The summed E-state index contributed by atoms with van der Waals surface area (Å²) in [4.78, 5) is 0. The number of alkyl halides is 1. The van der Waals surface area contributed by atoms with Crippen LogP contribution in [0.15, 0.2) is 11.1 Å². The van der Waals surface area contributed by atoms with E-state index in [2.05, 4.69) is 6.08 Å². The standard InChI is InChI=1S/C8H8Cl2/c9-5-2-3-1-4-6(5)7(4)8(3)10/h2-4,6-8H,1H2/t3-,4?,6+,7+,8-/m1/s1. The van der Waals surface area contributed by atoms with E-state index in [-0.39, 0.29) is 0 Å². The Morgan fingerprint density at radius 2 is 2.30 bits per heavy atom. The molecule has 0 aromatic rings. The van der Waals surface area contributed by atoms with Crippen LogP contribution in [0.4, 0.5) is 0 Å². The highest BCUT2D eigenvalue weighted by Gasteiger charge is 2.64. The van der Waals surface area contributed by atoms with E-state index >= 15 is 0 Å². The van der Waals surface area contributed by atoms with E-state index in [1.807, 2.05) is 0 Å². The number of hydrogen-bond acceptors (Lipinski definition) is 0. The molecule has 1 unspecified atom stereocenters. The first-order valence-corrected chi connectivity index (χ1v) is 4.62. The average molecular weight is 175 g/mol. The van der Waals surface area contributed by atoms with Crippen LogP contribution in [0.2, 0.25) is 0 Å². The summed E-state index contributed by atoms with van der Waals surface area (Å²) < 4.78 is 0. The van der Waals surface area contributed by atoms with Gasteiger partial charge in [0.2, 0.25) is 0 Å². The lowest BCUT2D eigenvalue weighted by Gasteiger charge is -2.21. The van der Waals surface area contributed by atoms with Crippen LogP contribution < -0.4 is 0 Å². The molecule has 0 nitrogen and oxygen atoms in total. The van der Waals surface area contributed by atoms with Gasteiger partial charge in [-0.1, -0.05) is 17.7 Å². The van der Waals surface area contributed by atoms with Crippen molar-refractivity contribution >= 4 is 23.2 Å². The van der Waals surface area contributed by atoms with Crippen molar-refractivity contribution in [3.05, 3.63) is 11.1 Å². The first-order valence-electron chi connectivity index (χ1n) is 3.80. The fourth-order valence-electron chi connectivity index (χ4n) is 2.73. The number of allylic oxidation sites excluding steroid dienone is 2. The molecule has 2 heteroatoms. The van der Waals surface area contributed by atoms with E-state index in [0.29, 0.717) is 17.2 Å². The molecule has 0 N–H and O–H groups in total. The van der Waals surface area contributed by atoms with Gasteiger partial charge in [0.05, 0.1) is 0 Å². The molecular weight excluding hydrogens is 167 g/mol. The lowest BCUT2D eigenvalue weighted by atomic mass is 9.92. The van der Waals surface area contributed by atoms with Crippen LogP contribution in [-0.4, -0.2) is 5.38 Å². The summed E-state index contributed by atoms with van der Waals surface area (Å²) in [5.74, 6) is 2.90. The Kier molecular flexibility index (Phi) is 0.923. The van der Waals surface area contributed by atoms with Crippen LogP contribution in [0, 0.1) is 23.7 Å². The van der Waals surface area contributed by atoms with Gasteiger partial charge in [0.1, 0.15) is 0 Å². The van der Waals surface area contributed by atoms with Crippen molar-refractivity contribution < 1.29 is 0 Å². The van der Waals surface area contributed by atoms with Crippen LogP contribution in [0.5, 0.6) is 0 Å². The van der Waals surface area contributed by atoms with Gasteiger partial charge in [0, 0.05) is 16.3 Å². The molecular formula is C8H8Cl2. The van der Waals surface area contributed by atoms with Crippen molar-refractivity contribution in [3.8, 4) is 0 Å². The third-order valence-electron chi connectivity index (χ3n) is 3.24. The Bertz CT molecular complexity index is 221. The average Bonchev–Trinajstić information content (AvgIpc) is 2.54. The SMILES string of the molecule is ClC1=C[C@H]2CC3[C@H]([C@@H]2Cl)[C@H]13. The van der Waals surface area contributed by atoms with Crippen LogP contribution >= 0.6 is 23.2 Å². The maximum Gasteiger partial charge on any atom is 0.0436 e. The quantitative estimate of drug-likeness (QED) is 0.496. The third kappa shape index (κ3) is 0.485. The fourth-order valence-corrected chi connectivity index (χ4v) is 3.72. The van der Waals surface area contributed by atoms with Gasteiger partial charge in [0.15, 0.2) is 0 Å². The fraction of sp³-hybridized carbons (Fsp3) is 0.750. The normalized spacial score (nSPS) is 62.2. The lowest BCUT2D eigenvalue weighted by molar-refractivity contribution is 0.519. The van der Waals surface area contributed by atoms with Gasteiger partial charge in [-0.05, 0) is 24.2 Å². The van der Waals surface area contributed by atoms with Crippen molar-refractivity contribution in [2.75, 3.05) is 0 Å². The molecule has 0 saturated heterocycles. The summed E-state index contributed by atoms with van der Waals surface area (Å²) in [5.41, 5.74) is 0. The minimum Gasteiger partial charge on any atom is -0.122 e. The van der Waals surface area contributed by atoms with E-state index < -0.39 is 0 Å². The van der Waals surface area contributed by atoms with Gasteiger partial charge in [-0.2, -0.15) is 0 Å². The van der Waals surface area contributed by atoms with Gasteiger partial charge < -0.3 is 0 Å². The molecule has 4 bridgehead atoms. The van der Waals surface area contributed by atoms with Gasteiger partial charge in [-0.3, -0.25) is 0 Å². The first kappa shape index (κ1) is 5.91. The molecule has 4 aliphatic rings. The van der Waals surface area contributed by atoms with E-state index in [9.17, 15) is 0 Å². The number of halogens is 2. The maximum absolute atomic E-state index is 6.16. The second-order valence-corrected chi connectivity index (χ2v) is 4.60. The van der Waals surface area contributed by atoms with E-state index in [0.717, 1.165) is 16.9 Å². The summed E-state index contributed by atoms with van der Waals surface area (Å²) in [6.07, 6.45) is 3.48. The Morgan fingerprint density at radius 3 is 2.70 bits per heavy atom. The Balaban J connectivity index is 2.09. The Morgan fingerprint density at radius 1 is 1.50 bits per heavy atom. The third-order valence-corrected chi connectivity index (χ3v) is 4.23. The molecule has 54 valence electrons. The second kappa shape index (κ2) is 1.56. The molecule has 0 radical (unpaired) electrons. The molecule has 0 amide bonds. The van der Waals surface area contributed by atoms with Crippen molar-refractivity contribution in [1.82, 2.24) is 0 Å². The Labute approximate surface area is 70.2 Å². The molecule has 0 spiro atoms. The van der Waals surface area contributed by atoms with Gasteiger partial charge in [0.25, 0.3) is 0 Å². The van der Waals surface area contributed by atoms with Gasteiger partial charge >= 0.3 is 0 Å². The molecule has 4 rings (SSSR count). The highest BCUT2D eigenvalue weighted by molar-refractivity contribution is 6.31. The van der Waals surface area contributed by atoms with Crippen LogP contribution in [0.25, 0.3) is 0 Å². The lowest BCUT2D eigenvalue weighted by Crippen LogP contribution is -2.17. The molecule has 5 atom stereocenters. The number of rotatable bonds is 0. The smallest absolute Gasteiger partial charge is 0.0436 e. The minimum atomic E-state index is 0.414. The molecule has 2 fully saturated rings. The summed E-state index contributed by atoms with van der Waals surface area (Å²) >= 11 is 12.2.